The third-order valence-corrected chi connectivity index (χ3v) is 3.97. The van der Waals surface area contributed by atoms with E-state index >= 15 is 0 Å². The molecule has 1 unspecified atom stereocenters. The van der Waals surface area contributed by atoms with Gasteiger partial charge in [0.2, 0.25) is 5.82 Å². The largest absolute Gasteiger partial charge is 0.325 e. The standard InChI is InChI=1S/C16H10ClN3O2/c17-10-7-5-9(6-8-10)13-19-15(21)14-18-12-4-2-1-3-11(12)16(22)20(13)14/h1-8,13H,(H,19,21). The van der Waals surface area contributed by atoms with Crippen LogP contribution in [0.15, 0.2) is 53.3 Å². The van der Waals surface area contributed by atoms with Crippen LogP contribution in [0, 0.1) is 0 Å². The van der Waals surface area contributed by atoms with Crippen molar-refractivity contribution in [2.45, 2.75) is 6.17 Å². The highest BCUT2D eigenvalue weighted by Gasteiger charge is 2.32. The van der Waals surface area contributed by atoms with E-state index in [1.807, 2.05) is 0 Å². The zero-order valence-corrected chi connectivity index (χ0v) is 12.0. The second-order valence-corrected chi connectivity index (χ2v) is 5.49. The molecule has 5 nitrogen and oxygen atoms in total. The fraction of sp³-hybridized carbons (Fsp3) is 0.0625. The summed E-state index contributed by atoms with van der Waals surface area (Å²) in [5.74, 6) is -0.230. The lowest BCUT2D eigenvalue weighted by atomic mass is 10.1. The van der Waals surface area contributed by atoms with Crippen molar-refractivity contribution in [2.75, 3.05) is 0 Å². The molecule has 4 rings (SSSR count). The highest BCUT2D eigenvalue weighted by molar-refractivity contribution is 6.30. The van der Waals surface area contributed by atoms with Crippen LogP contribution in [0.25, 0.3) is 10.9 Å². The van der Waals surface area contributed by atoms with Crippen molar-refractivity contribution in [3.05, 3.63) is 75.3 Å². The first-order valence-electron chi connectivity index (χ1n) is 6.73. The number of hydrogen-bond donors (Lipinski definition) is 1. The summed E-state index contributed by atoms with van der Waals surface area (Å²) in [7, 11) is 0. The minimum absolute atomic E-state index is 0.128. The molecule has 0 bridgehead atoms. The molecule has 0 saturated carbocycles. The summed E-state index contributed by atoms with van der Waals surface area (Å²) in [4.78, 5) is 29.2. The molecule has 6 heteroatoms. The first-order valence-corrected chi connectivity index (χ1v) is 7.10. The van der Waals surface area contributed by atoms with Crippen LogP contribution in [0.3, 0.4) is 0 Å². The Hall–Kier alpha value is -2.66. The van der Waals surface area contributed by atoms with Crippen LogP contribution in [0.4, 0.5) is 0 Å². The van der Waals surface area contributed by atoms with Gasteiger partial charge in [0, 0.05) is 5.02 Å². The molecule has 0 saturated heterocycles. The van der Waals surface area contributed by atoms with Gasteiger partial charge in [0.25, 0.3) is 11.5 Å². The Morgan fingerprint density at radius 3 is 2.55 bits per heavy atom. The van der Waals surface area contributed by atoms with Gasteiger partial charge in [-0.15, -0.1) is 0 Å². The zero-order valence-electron chi connectivity index (χ0n) is 11.3. The topological polar surface area (TPSA) is 64.0 Å². The molecule has 0 fully saturated rings. The summed E-state index contributed by atoms with van der Waals surface area (Å²) < 4.78 is 1.40. The average Bonchev–Trinajstić information content (AvgIpc) is 2.86. The minimum atomic E-state index is -0.565. The van der Waals surface area contributed by atoms with Gasteiger partial charge in [-0.3, -0.25) is 14.2 Å². The summed E-state index contributed by atoms with van der Waals surface area (Å²) >= 11 is 5.89. The molecule has 0 radical (unpaired) electrons. The smallest absolute Gasteiger partial charge is 0.289 e. The van der Waals surface area contributed by atoms with Gasteiger partial charge in [-0.2, -0.15) is 0 Å². The van der Waals surface area contributed by atoms with E-state index in [1.54, 1.807) is 48.5 Å². The Morgan fingerprint density at radius 2 is 1.77 bits per heavy atom. The first kappa shape index (κ1) is 13.0. The Balaban J connectivity index is 1.99. The van der Waals surface area contributed by atoms with Crippen LogP contribution in [-0.4, -0.2) is 15.5 Å². The molecule has 1 amide bonds. The number of halogens is 1. The molecular weight excluding hydrogens is 302 g/mol. The normalized spacial score (nSPS) is 16.6. The Bertz CT molecular complexity index is 963. The molecular formula is C16H10ClN3O2. The highest BCUT2D eigenvalue weighted by atomic mass is 35.5. The second-order valence-electron chi connectivity index (χ2n) is 5.06. The number of carbonyl (C=O) groups is 1. The van der Waals surface area contributed by atoms with Gasteiger partial charge < -0.3 is 5.32 Å². The Kier molecular flexibility index (Phi) is 2.77. The van der Waals surface area contributed by atoms with Crippen molar-refractivity contribution >= 4 is 28.4 Å². The summed E-state index contributed by atoms with van der Waals surface area (Å²) in [5, 5.41) is 3.87. The van der Waals surface area contributed by atoms with Crippen molar-refractivity contribution in [3.8, 4) is 0 Å². The monoisotopic (exact) mass is 311 g/mol. The Morgan fingerprint density at radius 1 is 1.05 bits per heavy atom. The van der Waals surface area contributed by atoms with Gasteiger partial charge in [-0.25, -0.2) is 4.98 Å². The molecule has 2 aromatic carbocycles. The van der Waals surface area contributed by atoms with E-state index in [0.717, 1.165) is 5.56 Å². The van der Waals surface area contributed by atoms with E-state index in [0.29, 0.717) is 15.9 Å². The maximum absolute atomic E-state index is 12.7. The maximum atomic E-state index is 12.7. The number of benzene rings is 2. The molecule has 0 aliphatic carbocycles. The number of hydrogen-bond acceptors (Lipinski definition) is 3. The summed E-state index contributed by atoms with van der Waals surface area (Å²) in [6.45, 7) is 0. The lowest BCUT2D eigenvalue weighted by Gasteiger charge is -2.14. The molecule has 1 atom stereocenters. The summed E-state index contributed by atoms with van der Waals surface area (Å²) in [6.07, 6.45) is -0.565. The number of nitrogens with zero attached hydrogens (tertiary/aromatic N) is 2. The van der Waals surface area contributed by atoms with Crippen LogP contribution in [-0.2, 0) is 0 Å². The highest BCUT2D eigenvalue weighted by Crippen LogP contribution is 2.23. The molecule has 108 valence electrons. The van der Waals surface area contributed by atoms with Gasteiger partial charge >= 0.3 is 0 Å². The summed E-state index contributed by atoms with van der Waals surface area (Å²) in [5.41, 5.74) is 1.06. The van der Waals surface area contributed by atoms with E-state index in [9.17, 15) is 9.59 Å². The lowest BCUT2D eigenvalue weighted by Crippen LogP contribution is -2.28. The van der Waals surface area contributed by atoms with E-state index in [-0.39, 0.29) is 17.3 Å². The number of amides is 1. The van der Waals surface area contributed by atoms with Crippen molar-refractivity contribution in [3.63, 3.8) is 0 Å². The Labute approximate surface area is 130 Å². The van der Waals surface area contributed by atoms with Crippen molar-refractivity contribution in [2.24, 2.45) is 0 Å². The SMILES string of the molecule is O=C1NC(c2ccc(Cl)cc2)n2c1nc1ccccc1c2=O. The van der Waals surface area contributed by atoms with Crippen LogP contribution >= 0.6 is 11.6 Å². The number of carbonyl (C=O) groups excluding carboxylic acids is 1. The van der Waals surface area contributed by atoms with Crippen LogP contribution in [0.1, 0.15) is 22.3 Å². The molecule has 2 heterocycles. The van der Waals surface area contributed by atoms with Crippen LogP contribution < -0.4 is 10.9 Å². The predicted molar refractivity (Wildman–Crippen MR) is 83.1 cm³/mol. The molecule has 1 aliphatic heterocycles. The fourth-order valence-electron chi connectivity index (χ4n) is 2.68. The van der Waals surface area contributed by atoms with E-state index < -0.39 is 6.17 Å². The number of rotatable bonds is 1. The fourth-order valence-corrected chi connectivity index (χ4v) is 2.80. The van der Waals surface area contributed by atoms with Crippen LogP contribution in [0.2, 0.25) is 5.02 Å². The lowest BCUT2D eigenvalue weighted by molar-refractivity contribution is 0.0956. The molecule has 0 spiro atoms. The zero-order chi connectivity index (χ0) is 15.3. The third-order valence-electron chi connectivity index (χ3n) is 3.72. The summed E-state index contributed by atoms with van der Waals surface area (Å²) in [6, 6.07) is 14.0. The third kappa shape index (κ3) is 1.83. The second kappa shape index (κ2) is 4.68. The number of nitrogens with one attached hydrogen (secondary N) is 1. The number of fused-ring (bicyclic) bond motifs is 2. The van der Waals surface area contributed by atoms with Gasteiger partial charge in [-0.1, -0.05) is 35.9 Å². The molecule has 22 heavy (non-hydrogen) atoms. The van der Waals surface area contributed by atoms with E-state index in [4.69, 9.17) is 11.6 Å². The quantitative estimate of drug-likeness (QED) is 0.750. The maximum Gasteiger partial charge on any atom is 0.289 e. The molecule has 1 aliphatic rings. The van der Waals surface area contributed by atoms with Gasteiger partial charge in [0.15, 0.2) is 0 Å². The van der Waals surface area contributed by atoms with Gasteiger partial charge in [-0.05, 0) is 29.8 Å². The van der Waals surface area contributed by atoms with Crippen molar-refractivity contribution < 1.29 is 4.79 Å². The molecule has 1 N–H and O–H groups in total. The van der Waals surface area contributed by atoms with Gasteiger partial charge in [0.05, 0.1) is 10.9 Å². The van der Waals surface area contributed by atoms with Gasteiger partial charge in [0.1, 0.15) is 6.17 Å². The van der Waals surface area contributed by atoms with E-state index in [2.05, 4.69) is 10.3 Å². The van der Waals surface area contributed by atoms with E-state index in [1.165, 1.54) is 4.57 Å². The number of para-hydroxylation sites is 1. The van der Waals surface area contributed by atoms with Crippen molar-refractivity contribution in [1.29, 1.82) is 0 Å². The van der Waals surface area contributed by atoms with Crippen molar-refractivity contribution in [1.82, 2.24) is 14.9 Å². The number of aromatic nitrogens is 2. The van der Waals surface area contributed by atoms with Crippen LogP contribution in [0.5, 0.6) is 0 Å². The molecule has 1 aromatic heterocycles. The molecule has 3 aromatic rings. The average molecular weight is 312 g/mol. The predicted octanol–water partition coefficient (Wildman–Crippen LogP) is 2.34. The first-order chi connectivity index (χ1) is 10.6. The minimum Gasteiger partial charge on any atom is -0.325 e.